The first-order valence-electron chi connectivity index (χ1n) is 4.90. The highest BCUT2D eigenvalue weighted by Gasteiger charge is 2.03. The smallest absolute Gasteiger partial charge is 0.0684 e. The van der Waals surface area contributed by atoms with E-state index in [-0.39, 0.29) is 6.61 Å². The van der Waals surface area contributed by atoms with Crippen LogP contribution < -0.4 is 0 Å². The molecule has 3 nitrogen and oxygen atoms in total. The van der Waals surface area contributed by atoms with Crippen molar-refractivity contribution in [2.45, 2.75) is 13.5 Å². The van der Waals surface area contributed by atoms with Crippen LogP contribution in [0.1, 0.15) is 11.1 Å². The first-order chi connectivity index (χ1) is 7.20. The van der Waals surface area contributed by atoms with Crippen molar-refractivity contribution in [2.75, 3.05) is 0 Å². The van der Waals surface area contributed by atoms with Crippen molar-refractivity contribution in [3.8, 4) is 11.1 Å². The van der Waals surface area contributed by atoms with Gasteiger partial charge < -0.3 is 5.11 Å². The lowest BCUT2D eigenvalue weighted by atomic mass is 10.0. The van der Waals surface area contributed by atoms with Gasteiger partial charge in [-0.15, -0.1) is 0 Å². The van der Waals surface area contributed by atoms with Crippen LogP contribution in [0.5, 0.6) is 0 Å². The molecule has 0 amide bonds. The lowest BCUT2D eigenvalue weighted by Crippen LogP contribution is -1.89. The summed E-state index contributed by atoms with van der Waals surface area (Å²) in [4.78, 5) is 0. The summed E-state index contributed by atoms with van der Waals surface area (Å²) < 4.78 is 1.77. The molecule has 0 unspecified atom stereocenters. The van der Waals surface area contributed by atoms with Crippen LogP contribution in [0.3, 0.4) is 0 Å². The lowest BCUT2D eigenvalue weighted by molar-refractivity contribution is 0.281. The molecule has 3 heteroatoms. The zero-order valence-electron chi connectivity index (χ0n) is 8.94. The van der Waals surface area contributed by atoms with E-state index in [2.05, 4.69) is 5.10 Å². The standard InChI is InChI=1S/C12H14N2O/c1-9-3-4-10(5-11(9)8-15)12-6-13-14(2)7-12/h3-7,15H,8H2,1-2H3. The third-order valence-electron chi connectivity index (χ3n) is 2.56. The molecule has 0 bridgehead atoms. The van der Waals surface area contributed by atoms with Gasteiger partial charge in [-0.2, -0.15) is 5.10 Å². The van der Waals surface area contributed by atoms with Crippen LogP contribution in [0.4, 0.5) is 0 Å². The molecule has 0 atom stereocenters. The van der Waals surface area contributed by atoms with Gasteiger partial charge in [-0.05, 0) is 29.7 Å². The highest BCUT2D eigenvalue weighted by atomic mass is 16.3. The topological polar surface area (TPSA) is 38.0 Å². The van der Waals surface area contributed by atoms with Gasteiger partial charge in [0.25, 0.3) is 0 Å². The average molecular weight is 202 g/mol. The minimum Gasteiger partial charge on any atom is -0.392 e. The molecule has 0 radical (unpaired) electrons. The number of benzene rings is 1. The van der Waals surface area contributed by atoms with Gasteiger partial charge in [-0.3, -0.25) is 4.68 Å². The van der Waals surface area contributed by atoms with Crippen molar-refractivity contribution in [1.29, 1.82) is 0 Å². The highest BCUT2D eigenvalue weighted by molar-refractivity contribution is 5.63. The molecule has 1 aromatic carbocycles. The summed E-state index contributed by atoms with van der Waals surface area (Å²) in [5, 5.41) is 13.3. The zero-order chi connectivity index (χ0) is 10.8. The maximum Gasteiger partial charge on any atom is 0.0684 e. The Balaban J connectivity index is 2.45. The van der Waals surface area contributed by atoms with Crippen LogP contribution in [-0.4, -0.2) is 14.9 Å². The maximum absolute atomic E-state index is 9.17. The number of aromatic nitrogens is 2. The second-order valence-electron chi connectivity index (χ2n) is 3.70. The summed E-state index contributed by atoms with van der Waals surface area (Å²) >= 11 is 0. The number of nitrogens with zero attached hydrogens (tertiary/aromatic N) is 2. The van der Waals surface area contributed by atoms with Gasteiger partial charge in [0.05, 0.1) is 12.8 Å². The van der Waals surface area contributed by atoms with E-state index in [4.69, 9.17) is 0 Å². The van der Waals surface area contributed by atoms with Crippen molar-refractivity contribution >= 4 is 0 Å². The Morgan fingerprint density at radius 1 is 1.33 bits per heavy atom. The average Bonchev–Trinajstić information content (AvgIpc) is 2.66. The summed E-state index contributed by atoms with van der Waals surface area (Å²) in [6.07, 6.45) is 3.79. The van der Waals surface area contributed by atoms with E-state index in [0.29, 0.717) is 0 Å². The molecule has 0 fully saturated rings. The van der Waals surface area contributed by atoms with Crippen molar-refractivity contribution in [2.24, 2.45) is 7.05 Å². The van der Waals surface area contributed by atoms with Gasteiger partial charge in [0.1, 0.15) is 0 Å². The summed E-state index contributed by atoms with van der Waals surface area (Å²) in [5.41, 5.74) is 4.26. The van der Waals surface area contributed by atoms with Crippen molar-refractivity contribution in [1.82, 2.24) is 9.78 Å². The van der Waals surface area contributed by atoms with Crippen molar-refractivity contribution in [3.05, 3.63) is 41.7 Å². The molecule has 1 aromatic heterocycles. The Labute approximate surface area is 89.0 Å². The summed E-state index contributed by atoms with van der Waals surface area (Å²) in [7, 11) is 1.89. The zero-order valence-corrected chi connectivity index (χ0v) is 8.94. The van der Waals surface area contributed by atoms with Crippen molar-refractivity contribution in [3.63, 3.8) is 0 Å². The minimum atomic E-state index is 0.0833. The third-order valence-corrected chi connectivity index (χ3v) is 2.56. The van der Waals surface area contributed by atoms with Crippen LogP contribution in [0.2, 0.25) is 0 Å². The Morgan fingerprint density at radius 2 is 2.13 bits per heavy atom. The quantitative estimate of drug-likeness (QED) is 0.807. The molecule has 0 saturated carbocycles. The van der Waals surface area contributed by atoms with Gasteiger partial charge in [-0.25, -0.2) is 0 Å². The molecule has 0 aliphatic rings. The van der Waals surface area contributed by atoms with Crippen LogP contribution in [0.25, 0.3) is 11.1 Å². The normalized spacial score (nSPS) is 10.6. The number of hydrogen-bond acceptors (Lipinski definition) is 2. The molecule has 0 saturated heterocycles. The molecule has 0 aliphatic heterocycles. The van der Waals surface area contributed by atoms with E-state index >= 15 is 0 Å². The largest absolute Gasteiger partial charge is 0.392 e. The van der Waals surface area contributed by atoms with Crippen LogP contribution in [0, 0.1) is 6.92 Å². The Kier molecular flexibility index (Phi) is 2.56. The maximum atomic E-state index is 9.17. The third kappa shape index (κ3) is 1.92. The van der Waals surface area contributed by atoms with Gasteiger partial charge in [0.2, 0.25) is 0 Å². The summed E-state index contributed by atoms with van der Waals surface area (Å²) in [5.74, 6) is 0. The summed E-state index contributed by atoms with van der Waals surface area (Å²) in [6.45, 7) is 2.08. The number of aliphatic hydroxyl groups is 1. The molecule has 78 valence electrons. The lowest BCUT2D eigenvalue weighted by Gasteiger charge is -2.04. The van der Waals surface area contributed by atoms with Gasteiger partial charge in [0.15, 0.2) is 0 Å². The van der Waals surface area contributed by atoms with E-state index in [9.17, 15) is 5.11 Å². The number of hydrogen-bond donors (Lipinski definition) is 1. The molecule has 0 aliphatic carbocycles. The van der Waals surface area contributed by atoms with E-state index < -0.39 is 0 Å². The molecular formula is C12H14N2O. The van der Waals surface area contributed by atoms with E-state index in [1.807, 2.05) is 44.6 Å². The number of rotatable bonds is 2. The Morgan fingerprint density at radius 3 is 2.73 bits per heavy atom. The fraction of sp³-hybridized carbons (Fsp3) is 0.250. The molecule has 15 heavy (non-hydrogen) atoms. The van der Waals surface area contributed by atoms with Gasteiger partial charge in [0, 0.05) is 18.8 Å². The first kappa shape index (κ1) is 9.93. The fourth-order valence-electron chi connectivity index (χ4n) is 1.59. The number of aliphatic hydroxyl groups excluding tert-OH is 1. The minimum absolute atomic E-state index is 0.0833. The van der Waals surface area contributed by atoms with E-state index in [1.54, 1.807) is 4.68 Å². The van der Waals surface area contributed by atoms with E-state index in [0.717, 1.165) is 22.3 Å². The second kappa shape index (κ2) is 3.87. The predicted molar refractivity (Wildman–Crippen MR) is 59.3 cm³/mol. The second-order valence-corrected chi connectivity index (χ2v) is 3.70. The van der Waals surface area contributed by atoms with Gasteiger partial charge >= 0.3 is 0 Å². The monoisotopic (exact) mass is 202 g/mol. The SMILES string of the molecule is Cc1ccc(-c2cnn(C)c2)cc1CO. The molecule has 1 heterocycles. The first-order valence-corrected chi connectivity index (χ1v) is 4.90. The fourth-order valence-corrected chi connectivity index (χ4v) is 1.59. The highest BCUT2D eigenvalue weighted by Crippen LogP contribution is 2.21. The van der Waals surface area contributed by atoms with Crippen LogP contribution in [0.15, 0.2) is 30.6 Å². The Hall–Kier alpha value is -1.61. The van der Waals surface area contributed by atoms with Gasteiger partial charge in [-0.1, -0.05) is 12.1 Å². The molecule has 2 rings (SSSR count). The molecule has 2 aromatic rings. The van der Waals surface area contributed by atoms with Crippen LogP contribution in [-0.2, 0) is 13.7 Å². The number of aryl methyl sites for hydroxylation is 2. The van der Waals surface area contributed by atoms with Crippen LogP contribution >= 0.6 is 0 Å². The molecule has 0 spiro atoms. The predicted octanol–water partition coefficient (Wildman–Crippen LogP) is 1.89. The van der Waals surface area contributed by atoms with Crippen molar-refractivity contribution < 1.29 is 5.11 Å². The molecule has 1 N–H and O–H groups in total. The molecular weight excluding hydrogens is 188 g/mol. The Bertz CT molecular complexity index is 474. The van der Waals surface area contributed by atoms with E-state index in [1.165, 1.54) is 0 Å². The summed E-state index contributed by atoms with van der Waals surface area (Å²) in [6, 6.07) is 6.08.